The second-order valence-electron chi connectivity index (χ2n) is 21.9. The summed E-state index contributed by atoms with van der Waals surface area (Å²) in [4.78, 5) is 87.1. The van der Waals surface area contributed by atoms with Gasteiger partial charge >= 0.3 is 0 Å². The minimum atomic E-state index is -0.872. The minimum absolute atomic E-state index is 0.0175. The number of aryl methyl sites for hydroxylation is 1. The van der Waals surface area contributed by atoms with Gasteiger partial charge in [-0.1, -0.05) is 83.6 Å². The molecule has 3 atom stereocenters. The maximum atomic E-state index is 15.7. The second-order valence-corrected chi connectivity index (χ2v) is 22.7. The molecule has 20 heteroatoms. The number of imidazole rings is 1. The van der Waals surface area contributed by atoms with Crippen LogP contribution in [0, 0.1) is 18.2 Å². The highest BCUT2D eigenvalue weighted by Gasteiger charge is 2.44. The van der Waals surface area contributed by atoms with Gasteiger partial charge in [0.25, 0.3) is 5.91 Å². The normalized spacial score (nSPS) is 17.2. The molecule has 3 fully saturated rings. The number of likely N-dealkylation sites (tertiary alicyclic amines) is 1. The number of β-amino-alcohol motifs (C(OH)–C–C–N with tert-alkyl or cyclic N) is 1. The molecule has 1 saturated carbocycles. The smallest absolute Gasteiger partial charge is 0.254 e. The van der Waals surface area contributed by atoms with E-state index in [9.17, 15) is 29.1 Å². The van der Waals surface area contributed by atoms with Crippen LogP contribution in [-0.2, 0) is 25.7 Å². The van der Waals surface area contributed by atoms with Crippen molar-refractivity contribution in [3.8, 4) is 21.7 Å². The number of carbonyl (C=O) groups excluding carboxylic acids is 5. The molecule has 4 aromatic heterocycles. The molecule has 0 unspecified atom stereocenters. The number of anilines is 2. The van der Waals surface area contributed by atoms with E-state index in [4.69, 9.17) is 4.98 Å². The first-order chi connectivity index (χ1) is 37.1. The van der Waals surface area contributed by atoms with Crippen LogP contribution in [0.3, 0.4) is 0 Å². The van der Waals surface area contributed by atoms with E-state index in [1.807, 2.05) is 73.0 Å². The van der Waals surface area contributed by atoms with Crippen molar-refractivity contribution in [1.29, 1.82) is 0 Å². The molecule has 5 N–H and O–H groups in total. The number of H-pyrrole nitrogens is 1. The lowest BCUT2D eigenvalue weighted by Crippen LogP contribution is -2.57. The molecule has 2 aliphatic heterocycles. The summed E-state index contributed by atoms with van der Waals surface area (Å²) in [6.45, 7) is 9.50. The van der Waals surface area contributed by atoms with E-state index in [1.165, 1.54) is 11.0 Å². The van der Waals surface area contributed by atoms with Crippen molar-refractivity contribution < 1.29 is 33.5 Å². The Kier molecular flexibility index (Phi) is 17.4. The monoisotopic (exact) mass is 1070 g/mol. The predicted octanol–water partition coefficient (Wildman–Crippen LogP) is 8.31. The first-order valence-corrected chi connectivity index (χ1v) is 28.0. The highest BCUT2D eigenvalue weighted by Crippen LogP contribution is 2.41. The lowest BCUT2D eigenvalue weighted by molar-refractivity contribution is -0.144. The third kappa shape index (κ3) is 13.6. The van der Waals surface area contributed by atoms with Gasteiger partial charge in [0, 0.05) is 88.0 Å². The number of aliphatic hydroxyl groups is 1. The lowest BCUT2D eigenvalue weighted by atomic mass is 9.85. The van der Waals surface area contributed by atoms with Crippen molar-refractivity contribution in [2.24, 2.45) is 5.41 Å². The molecule has 0 bridgehead atoms. The Morgan fingerprint density at radius 3 is 2.22 bits per heavy atom. The molecule has 0 radical (unpaired) electrons. The number of benzene rings is 2. The Balaban J connectivity index is 0.637. The number of halogens is 1. The molecule has 0 spiro atoms. The Morgan fingerprint density at radius 2 is 1.57 bits per heavy atom. The Morgan fingerprint density at radius 1 is 0.870 bits per heavy atom. The predicted molar refractivity (Wildman–Crippen MR) is 293 cm³/mol. The number of unbranched alkanes of at least 4 members (excludes halogenated alkanes) is 7. The number of carbonyl (C=O) groups is 5. The quantitative estimate of drug-likeness (QED) is 0.0407. The zero-order chi connectivity index (χ0) is 54.2. The number of piperazine rings is 1. The molecule has 2 saturated heterocycles. The van der Waals surface area contributed by atoms with E-state index >= 15 is 4.39 Å². The summed E-state index contributed by atoms with van der Waals surface area (Å²) >= 11 is 1.58. The molecule has 408 valence electrons. The van der Waals surface area contributed by atoms with E-state index in [0.29, 0.717) is 56.4 Å². The summed E-state index contributed by atoms with van der Waals surface area (Å²) in [7, 11) is 0. The number of fused-ring (bicyclic) bond motifs is 1. The van der Waals surface area contributed by atoms with Gasteiger partial charge in [-0.3, -0.25) is 33.5 Å². The van der Waals surface area contributed by atoms with Gasteiger partial charge in [-0.15, -0.1) is 11.3 Å². The van der Waals surface area contributed by atoms with Gasteiger partial charge < -0.3 is 35.8 Å². The number of nitrogens with zero attached hydrogens (tertiary/aromatic N) is 8. The Labute approximate surface area is 452 Å². The van der Waals surface area contributed by atoms with Crippen molar-refractivity contribution in [2.75, 3.05) is 38.0 Å². The second kappa shape index (κ2) is 24.5. The van der Waals surface area contributed by atoms with Gasteiger partial charge in [-0.05, 0) is 67.3 Å². The number of aromatic amines is 1. The number of rotatable bonds is 22. The average molecular weight is 1070 g/mol. The number of hydrogen-bond acceptors (Lipinski definition) is 12. The van der Waals surface area contributed by atoms with Crippen LogP contribution in [0.15, 0.2) is 72.8 Å². The van der Waals surface area contributed by atoms with Crippen molar-refractivity contribution in [2.45, 2.75) is 142 Å². The van der Waals surface area contributed by atoms with Gasteiger partial charge in [-0.2, -0.15) is 5.10 Å². The molecule has 77 heavy (non-hydrogen) atoms. The fourth-order valence-corrected chi connectivity index (χ4v) is 11.1. The van der Waals surface area contributed by atoms with Crippen LogP contribution < -0.4 is 16.0 Å². The molecule has 18 nitrogen and oxygen atoms in total. The number of aliphatic hydroxyl groups excluding tert-OH is 1. The lowest BCUT2D eigenvalue weighted by Gasteiger charge is -2.35. The zero-order valence-corrected chi connectivity index (χ0v) is 45.3. The number of thiazole rings is 1. The highest BCUT2D eigenvalue weighted by molar-refractivity contribution is 7.13. The molecule has 6 heterocycles. The summed E-state index contributed by atoms with van der Waals surface area (Å²) in [5, 5.41) is 26.6. The largest absolute Gasteiger partial charge is 0.391 e. The van der Waals surface area contributed by atoms with Crippen molar-refractivity contribution in [1.82, 2.24) is 54.9 Å². The molecular formula is C57H71FN12O6S. The first kappa shape index (κ1) is 54.7. The summed E-state index contributed by atoms with van der Waals surface area (Å²) in [6.07, 6.45) is 16.6. The van der Waals surface area contributed by atoms with Gasteiger partial charge in [-0.25, -0.2) is 19.3 Å². The van der Waals surface area contributed by atoms with E-state index < -0.39 is 29.4 Å². The van der Waals surface area contributed by atoms with Crippen LogP contribution >= 0.6 is 11.3 Å². The van der Waals surface area contributed by atoms with Crippen LogP contribution in [0.1, 0.15) is 137 Å². The van der Waals surface area contributed by atoms with Crippen LogP contribution in [0.25, 0.3) is 27.3 Å². The third-order valence-corrected chi connectivity index (χ3v) is 15.9. The summed E-state index contributed by atoms with van der Waals surface area (Å²) < 4.78 is 17.6. The van der Waals surface area contributed by atoms with Crippen molar-refractivity contribution in [3.63, 3.8) is 0 Å². The molecule has 2 aromatic carbocycles. The zero-order valence-electron chi connectivity index (χ0n) is 44.5. The number of nitrogens with one attached hydrogen (secondary N) is 4. The van der Waals surface area contributed by atoms with Gasteiger partial charge in [0.05, 0.1) is 51.7 Å². The van der Waals surface area contributed by atoms with E-state index in [-0.39, 0.29) is 66.7 Å². The van der Waals surface area contributed by atoms with Crippen LogP contribution in [-0.4, -0.2) is 130 Å². The van der Waals surface area contributed by atoms with Crippen molar-refractivity contribution >= 4 is 58.0 Å². The number of amides is 5. The van der Waals surface area contributed by atoms with Crippen LogP contribution in [0.4, 0.5) is 15.9 Å². The Bertz CT molecular complexity index is 3030. The standard InChI is InChI=1S/C57H71FN12O6S/c1-36-50(77-35-61-36)39-17-15-37(16-18-39)29-60-54(74)46-28-42(71)33-70(46)56(76)51(57(2,3)4)66-48(72)13-11-9-7-5-6-8-10-12-14-49(73)67-23-25-68(26-24-67)55(75)40-21-22-44(43(58)27-40)64-52-53-59-32-47(41-30-62-63-31-41)69(53)34-45(65-52)38-19-20-38/h15-18,21-22,27,30-32,34-35,38,42,46,51,71H,5-14,19-20,23-26,28-29,33H2,1-4H3,(H,60,74)(H,62,63)(H,64,65)(H,66,72)/t42-,46+,51-/m1/s1. The van der Waals surface area contributed by atoms with Crippen LogP contribution in [0.5, 0.6) is 0 Å². The third-order valence-electron chi connectivity index (χ3n) is 14.9. The Hall–Kier alpha value is -7.06. The maximum absolute atomic E-state index is 15.7. The SMILES string of the molecule is Cc1ncsc1-c1ccc(CNC(=O)[C@@H]2C[C@@H](O)CN2C(=O)[C@@H](NC(=O)CCCCCCCCCCC(=O)N2CCN(C(=O)c3ccc(Nc4nc(C5CC5)cn5c(-c6cn[nH]c6)cnc45)c(F)c3)CC2)C(C)(C)C)cc1. The number of aromatic nitrogens is 6. The fourth-order valence-electron chi connectivity index (χ4n) is 10.3. The fraction of sp³-hybridized carbons (Fsp3) is 0.491. The van der Waals surface area contributed by atoms with Gasteiger partial charge in [0.15, 0.2) is 11.5 Å². The molecule has 1 aliphatic carbocycles. The first-order valence-electron chi connectivity index (χ1n) is 27.2. The molecule has 3 aliphatic rings. The highest BCUT2D eigenvalue weighted by atomic mass is 32.1. The van der Waals surface area contributed by atoms with E-state index in [2.05, 4.69) is 36.1 Å². The maximum Gasteiger partial charge on any atom is 0.254 e. The average Bonchev–Trinajstić information content (AvgIpc) is 3.74. The van der Waals surface area contributed by atoms with Crippen molar-refractivity contribution in [3.05, 3.63) is 101 Å². The minimum Gasteiger partial charge on any atom is -0.391 e. The molecule has 5 amide bonds. The molecule has 9 rings (SSSR count). The van der Waals surface area contributed by atoms with Crippen LogP contribution in [0.2, 0.25) is 0 Å². The molecular weight excluding hydrogens is 1000 g/mol. The van der Waals surface area contributed by atoms with E-state index in [0.717, 1.165) is 96.4 Å². The number of hydrogen-bond donors (Lipinski definition) is 5. The molecule has 6 aromatic rings. The summed E-state index contributed by atoms with van der Waals surface area (Å²) in [5.74, 6) is -0.957. The summed E-state index contributed by atoms with van der Waals surface area (Å²) in [5.41, 5.74) is 7.68. The van der Waals surface area contributed by atoms with Gasteiger partial charge in [0.2, 0.25) is 23.6 Å². The van der Waals surface area contributed by atoms with E-state index in [1.54, 1.807) is 47.0 Å². The topological polar surface area (TPSA) is 223 Å². The van der Waals surface area contributed by atoms with Gasteiger partial charge in [0.1, 0.15) is 17.9 Å². The summed E-state index contributed by atoms with van der Waals surface area (Å²) in [6, 6.07) is 10.6.